The van der Waals surface area contributed by atoms with Crippen LogP contribution in [0.2, 0.25) is 0 Å². The van der Waals surface area contributed by atoms with Gasteiger partial charge < -0.3 is 5.11 Å². The minimum absolute atomic E-state index is 0.182. The van der Waals surface area contributed by atoms with E-state index in [1.165, 1.54) is 43.3 Å². The lowest BCUT2D eigenvalue weighted by atomic mass is 9.61. The molecule has 1 N–H and O–H groups in total. The molecule has 0 aromatic rings. The van der Waals surface area contributed by atoms with Crippen molar-refractivity contribution in [2.24, 2.45) is 35.0 Å². The first-order valence-electron chi connectivity index (χ1n) is 12.2. The van der Waals surface area contributed by atoms with Crippen LogP contribution in [-0.4, -0.2) is 11.2 Å². The molecular formula is C28H44O. The van der Waals surface area contributed by atoms with Gasteiger partial charge in [-0.1, -0.05) is 76.6 Å². The van der Waals surface area contributed by atoms with Gasteiger partial charge in [-0.25, -0.2) is 0 Å². The predicted octanol–water partition coefficient (Wildman–Crippen LogP) is 7.64. The van der Waals surface area contributed by atoms with Gasteiger partial charge in [0, 0.05) is 0 Å². The molecule has 0 saturated heterocycles. The molecule has 6 atom stereocenters. The molecule has 3 fully saturated rings. The summed E-state index contributed by atoms with van der Waals surface area (Å²) in [6.07, 6.45) is 18.8. The van der Waals surface area contributed by atoms with E-state index in [-0.39, 0.29) is 6.10 Å². The largest absolute Gasteiger partial charge is 0.393 e. The zero-order valence-corrected chi connectivity index (χ0v) is 19.6. The lowest BCUT2D eigenvalue weighted by Gasteiger charge is -2.44. The number of aliphatic hydroxyl groups is 1. The molecule has 3 aliphatic rings. The van der Waals surface area contributed by atoms with Crippen LogP contribution in [0.3, 0.4) is 0 Å². The smallest absolute Gasteiger partial charge is 0.0583 e. The maximum Gasteiger partial charge on any atom is 0.0583 e. The lowest BCUT2D eigenvalue weighted by molar-refractivity contribution is 0.112. The van der Waals surface area contributed by atoms with Gasteiger partial charge in [-0.3, -0.25) is 0 Å². The highest BCUT2D eigenvalue weighted by atomic mass is 16.3. The van der Waals surface area contributed by atoms with Crippen molar-refractivity contribution < 1.29 is 5.11 Å². The monoisotopic (exact) mass is 396 g/mol. The van der Waals surface area contributed by atoms with Crippen molar-refractivity contribution >= 4 is 0 Å². The Labute approximate surface area is 180 Å². The molecule has 1 unspecified atom stereocenters. The van der Waals surface area contributed by atoms with Crippen LogP contribution in [-0.2, 0) is 0 Å². The van der Waals surface area contributed by atoms with Crippen molar-refractivity contribution in [3.8, 4) is 0 Å². The van der Waals surface area contributed by atoms with E-state index in [0.717, 1.165) is 37.0 Å². The normalized spacial score (nSPS) is 38.2. The number of rotatable bonds is 5. The minimum Gasteiger partial charge on any atom is -0.393 e. The quantitative estimate of drug-likeness (QED) is 0.473. The zero-order valence-electron chi connectivity index (χ0n) is 19.6. The third-order valence-corrected chi connectivity index (χ3v) is 8.63. The molecule has 3 saturated carbocycles. The van der Waals surface area contributed by atoms with Gasteiger partial charge in [0.25, 0.3) is 0 Å². The van der Waals surface area contributed by atoms with Crippen molar-refractivity contribution in [3.05, 3.63) is 47.6 Å². The molecule has 0 spiro atoms. The van der Waals surface area contributed by atoms with Crippen LogP contribution in [0.5, 0.6) is 0 Å². The van der Waals surface area contributed by atoms with Gasteiger partial charge in [0.15, 0.2) is 0 Å². The van der Waals surface area contributed by atoms with Gasteiger partial charge in [0.1, 0.15) is 0 Å². The molecular weight excluding hydrogens is 352 g/mol. The van der Waals surface area contributed by atoms with Gasteiger partial charge in [0.05, 0.1) is 6.10 Å². The fraction of sp³-hybridized carbons (Fsp3) is 0.714. The Balaban J connectivity index is 1.75. The Morgan fingerprint density at radius 1 is 1.03 bits per heavy atom. The van der Waals surface area contributed by atoms with Crippen LogP contribution in [0.4, 0.5) is 0 Å². The summed E-state index contributed by atoms with van der Waals surface area (Å²) in [6.45, 7) is 16.3. The minimum atomic E-state index is -0.182. The van der Waals surface area contributed by atoms with Gasteiger partial charge in [-0.2, -0.15) is 0 Å². The van der Waals surface area contributed by atoms with Gasteiger partial charge in [0.2, 0.25) is 0 Å². The van der Waals surface area contributed by atoms with Crippen LogP contribution in [0, 0.1) is 35.0 Å². The van der Waals surface area contributed by atoms with Crippen molar-refractivity contribution in [2.75, 3.05) is 0 Å². The summed E-state index contributed by atoms with van der Waals surface area (Å²) in [5, 5.41) is 10.0. The Bertz CT molecular complexity index is 678. The van der Waals surface area contributed by atoms with E-state index in [1.807, 2.05) is 0 Å². The molecule has 0 aromatic carbocycles. The second-order valence-electron chi connectivity index (χ2n) is 10.9. The molecule has 3 rings (SSSR count). The summed E-state index contributed by atoms with van der Waals surface area (Å²) < 4.78 is 0. The lowest BCUT2D eigenvalue weighted by Crippen LogP contribution is -2.35. The first kappa shape index (κ1) is 22.6. The van der Waals surface area contributed by atoms with Crippen molar-refractivity contribution in [2.45, 2.75) is 92.1 Å². The van der Waals surface area contributed by atoms with Gasteiger partial charge >= 0.3 is 0 Å². The molecule has 0 radical (unpaired) electrons. The third-order valence-electron chi connectivity index (χ3n) is 8.63. The van der Waals surface area contributed by atoms with Crippen LogP contribution in [0.1, 0.15) is 86.0 Å². The van der Waals surface area contributed by atoms with Crippen molar-refractivity contribution in [1.82, 2.24) is 0 Å². The summed E-state index contributed by atoms with van der Waals surface area (Å²) in [5.41, 5.74) is 4.61. The third kappa shape index (κ3) is 4.98. The summed E-state index contributed by atoms with van der Waals surface area (Å²) >= 11 is 0. The fourth-order valence-electron chi connectivity index (χ4n) is 6.25. The number of hydrogen-bond donors (Lipinski definition) is 1. The van der Waals surface area contributed by atoms with E-state index in [0.29, 0.717) is 17.3 Å². The average molecular weight is 397 g/mol. The predicted molar refractivity (Wildman–Crippen MR) is 126 cm³/mol. The molecule has 1 nitrogen and oxygen atoms in total. The summed E-state index contributed by atoms with van der Waals surface area (Å²) in [6, 6.07) is 0. The van der Waals surface area contributed by atoms with Crippen LogP contribution < -0.4 is 0 Å². The molecule has 1 heteroatoms. The van der Waals surface area contributed by atoms with E-state index < -0.39 is 0 Å². The highest BCUT2D eigenvalue weighted by Gasteiger charge is 2.50. The highest BCUT2D eigenvalue weighted by molar-refractivity contribution is 5.36. The van der Waals surface area contributed by atoms with Crippen molar-refractivity contribution in [1.29, 1.82) is 0 Å². The van der Waals surface area contributed by atoms with E-state index in [4.69, 9.17) is 0 Å². The van der Waals surface area contributed by atoms with E-state index in [9.17, 15) is 5.11 Å². The molecule has 162 valence electrons. The molecule has 29 heavy (non-hydrogen) atoms. The van der Waals surface area contributed by atoms with Crippen LogP contribution in [0.25, 0.3) is 0 Å². The number of allylic oxidation sites excluding steroid dienone is 6. The summed E-state index contributed by atoms with van der Waals surface area (Å²) in [7, 11) is 0. The topological polar surface area (TPSA) is 20.2 Å². The van der Waals surface area contributed by atoms with Crippen LogP contribution >= 0.6 is 0 Å². The molecule has 0 aliphatic heterocycles. The molecule has 0 aromatic heterocycles. The maximum absolute atomic E-state index is 10.0. The highest BCUT2D eigenvalue weighted by Crippen LogP contribution is 2.59. The Morgan fingerprint density at radius 3 is 2.52 bits per heavy atom. The number of fused-ring (bicyclic) bond motifs is 1. The van der Waals surface area contributed by atoms with Gasteiger partial charge in [-0.15, -0.1) is 0 Å². The average Bonchev–Trinajstić information content (AvgIpc) is 3.04. The van der Waals surface area contributed by atoms with E-state index in [2.05, 4.69) is 65.5 Å². The molecule has 0 bridgehead atoms. The number of hydrogen-bond acceptors (Lipinski definition) is 1. The fourth-order valence-corrected chi connectivity index (χ4v) is 6.25. The van der Waals surface area contributed by atoms with E-state index in [1.54, 1.807) is 5.57 Å². The Kier molecular flexibility index (Phi) is 7.31. The molecule has 0 amide bonds. The van der Waals surface area contributed by atoms with E-state index >= 15 is 0 Å². The zero-order chi connectivity index (χ0) is 21.2. The second kappa shape index (κ2) is 9.38. The summed E-state index contributed by atoms with van der Waals surface area (Å²) in [4.78, 5) is 0. The molecule has 0 heterocycles. The number of aliphatic hydroxyl groups excluding tert-OH is 1. The maximum atomic E-state index is 10.0. The Hall–Kier alpha value is -1.08. The second-order valence-corrected chi connectivity index (χ2v) is 10.9. The van der Waals surface area contributed by atoms with Gasteiger partial charge in [-0.05, 0) is 91.9 Å². The first-order chi connectivity index (χ1) is 13.7. The summed E-state index contributed by atoms with van der Waals surface area (Å²) in [5.74, 6) is 3.58. The van der Waals surface area contributed by atoms with Crippen LogP contribution in [0.15, 0.2) is 47.6 Å². The standard InChI is InChI=1S/C28H44O/c1-19(2)20(3)9-10-22(5)26-15-16-27-23(8-7-17-28(26,27)6)12-13-24-18-25(29)14-11-21(24)4/h9-10,12-13,19-20,22,25-27,29H,4,7-8,11,14-18H2,1-3,5-6H3/b10-9+,23-12+,24-13+/t20-,22+,25-,26+,27?,28+/m0/s1. The Morgan fingerprint density at radius 2 is 1.79 bits per heavy atom. The SMILES string of the molecule is C=C1CC[C@H](O)C/C1=C\C=C1/CCC[C@@]2(C)C1CC[C@@H]2[C@H](C)/C=C/[C@H](C)C(C)C. The van der Waals surface area contributed by atoms with Crippen molar-refractivity contribution in [3.63, 3.8) is 0 Å². The molecule has 3 aliphatic carbocycles. The first-order valence-corrected chi connectivity index (χ1v) is 12.2.